The number of ether oxygens (including phenoxy) is 1. The van der Waals surface area contributed by atoms with Crippen LogP contribution in [0.3, 0.4) is 0 Å². The lowest BCUT2D eigenvalue weighted by Gasteiger charge is -2.13. The molecule has 0 aliphatic rings. The van der Waals surface area contributed by atoms with E-state index in [1.807, 2.05) is 19.1 Å². The zero-order valence-electron chi connectivity index (χ0n) is 11.3. The fourth-order valence-electron chi connectivity index (χ4n) is 2.00. The summed E-state index contributed by atoms with van der Waals surface area (Å²) in [7, 11) is 0. The standard InChI is InChI=1S/C15H23BrO2/c1-3-4-5-6-7-8-18-15-12(2)9-14(16)10-13(15)11-17/h9-10,17H,3-8,11H2,1-2H3. The van der Waals surface area contributed by atoms with Crippen molar-refractivity contribution < 1.29 is 9.84 Å². The Morgan fingerprint density at radius 3 is 2.56 bits per heavy atom. The van der Waals surface area contributed by atoms with Gasteiger partial charge in [0.1, 0.15) is 5.75 Å². The van der Waals surface area contributed by atoms with Gasteiger partial charge >= 0.3 is 0 Å². The van der Waals surface area contributed by atoms with Crippen LogP contribution >= 0.6 is 15.9 Å². The fraction of sp³-hybridized carbons (Fsp3) is 0.600. The Labute approximate surface area is 118 Å². The first-order chi connectivity index (χ1) is 8.69. The van der Waals surface area contributed by atoms with Crippen molar-refractivity contribution in [3.63, 3.8) is 0 Å². The molecule has 0 aromatic heterocycles. The number of hydrogen-bond donors (Lipinski definition) is 1. The Kier molecular flexibility index (Phi) is 7.36. The van der Waals surface area contributed by atoms with E-state index in [0.29, 0.717) is 0 Å². The van der Waals surface area contributed by atoms with Crippen LogP contribution in [-0.4, -0.2) is 11.7 Å². The molecule has 0 amide bonds. The van der Waals surface area contributed by atoms with Gasteiger partial charge in [0.2, 0.25) is 0 Å². The molecule has 0 spiro atoms. The van der Waals surface area contributed by atoms with E-state index in [9.17, 15) is 5.11 Å². The van der Waals surface area contributed by atoms with E-state index < -0.39 is 0 Å². The smallest absolute Gasteiger partial charge is 0.127 e. The Balaban J connectivity index is 2.46. The largest absolute Gasteiger partial charge is 0.493 e. The van der Waals surface area contributed by atoms with Crippen LogP contribution in [0.1, 0.15) is 50.2 Å². The predicted molar refractivity (Wildman–Crippen MR) is 79.1 cm³/mol. The molecule has 1 aromatic carbocycles. The van der Waals surface area contributed by atoms with Crippen molar-refractivity contribution in [2.75, 3.05) is 6.61 Å². The number of rotatable bonds is 8. The van der Waals surface area contributed by atoms with Gasteiger partial charge in [0, 0.05) is 10.0 Å². The van der Waals surface area contributed by atoms with Crippen LogP contribution in [0, 0.1) is 6.92 Å². The first-order valence-electron chi connectivity index (χ1n) is 6.71. The molecule has 0 radical (unpaired) electrons. The SMILES string of the molecule is CCCCCCCOc1c(C)cc(Br)cc1CO. The number of unbranched alkanes of at least 4 members (excludes halogenated alkanes) is 4. The summed E-state index contributed by atoms with van der Waals surface area (Å²) in [4.78, 5) is 0. The van der Waals surface area contributed by atoms with Gasteiger partial charge in [-0.3, -0.25) is 0 Å². The first kappa shape index (κ1) is 15.5. The normalized spacial score (nSPS) is 10.7. The van der Waals surface area contributed by atoms with Crippen molar-refractivity contribution in [1.82, 2.24) is 0 Å². The molecule has 3 heteroatoms. The van der Waals surface area contributed by atoms with Crippen LogP contribution in [-0.2, 0) is 6.61 Å². The van der Waals surface area contributed by atoms with Gasteiger partial charge in [-0.1, -0.05) is 48.5 Å². The van der Waals surface area contributed by atoms with E-state index in [-0.39, 0.29) is 6.61 Å². The van der Waals surface area contributed by atoms with Gasteiger partial charge in [-0.15, -0.1) is 0 Å². The molecule has 0 unspecified atom stereocenters. The Morgan fingerprint density at radius 1 is 1.17 bits per heavy atom. The molecule has 0 aliphatic carbocycles. The zero-order valence-corrected chi connectivity index (χ0v) is 12.9. The molecule has 18 heavy (non-hydrogen) atoms. The third-order valence-electron chi connectivity index (χ3n) is 2.98. The van der Waals surface area contributed by atoms with Gasteiger partial charge in [-0.05, 0) is 31.0 Å². The Hall–Kier alpha value is -0.540. The average Bonchev–Trinajstić information content (AvgIpc) is 2.35. The summed E-state index contributed by atoms with van der Waals surface area (Å²) in [5, 5.41) is 9.34. The highest BCUT2D eigenvalue weighted by atomic mass is 79.9. The molecule has 2 nitrogen and oxygen atoms in total. The summed E-state index contributed by atoms with van der Waals surface area (Å²) in [5.74, 6) is 0.844. The third kappa shape index (κ3) is 4.99. The molecule has 0 aliphatic heterocycles. The van der Waals surface area contributed by atoms with Crippen LogP contribution in [0.25, 0.3) is 0 Å². The summed E-state index contributed by atoms with van der Waals surface area (Å²) < 4.78 is 6.80. The highest BCUT2D eigenvalue weighted by Gasteiger charge is 2.08. The van der Waals surface area contributed by atoms with Crippen molar-refractivity contribution in [2.45, 2.75) is 52.6 Å². The Morgan fingerprint density at radius 2 is 1.89 bits per heavy atom. The molecule has 0 heterocycles. The van der Waals surface area contributed by atoms with Crippen molar-refractivity contribution in [3.8, 4) is 5.75 Å². The van der Waals surface area contributed by atoms with E-state index >= 15 is 0 Å². The lowest BCUT2D eigenvalue weighted by Crippen LogP contribution is -2.02. The average molecular weight is 315 g/mol. The first-order valence-corrected chi connectivity index (χ1v) is 7.51. The van der Waals surface area contributed by atoms with E-state index in [0.717, 1.165) is 34.4 Å². The van der Waals surface area contributed by atoms with Crippen molar-refractivity contribution >= 4 is 15.9 Å². The maximum Gasteiger partial charge on any atom is 0.127 e. The molecule has 0 saturated carbocycles. The van der Waals surface area contributed by atoms with Gasteiger partial charge in [0.25, 0.3) is 0 Å². The lowest BCUT2D eigenvalue weighted by molar-refractivity contribution is 0.259. The minimum Gasteiger partial charge on any atom is -0.493 e. The minimum absolute atomic E-state index is 0.0193. The lowest BCUT2D eigenvalue weighted by atomic mass is 10.1. The third-order valence-corrected chi connectivity index (χ3v) is 3.44. The highest BCUT2D eigenvalue weighted by Crippen LogP contribution is 2.28. The quantitative estimate of drug-likeness (QED) is 0.711. The van der Waals surface area contributed by atoms with E-state index in [1.54, 1.807) is 0 Å². The minimum atomic E-state index is 0.0193. The maximum atomic E-state index is 9.34. The van der Waals surface area contributed by atoms with E-state index in [1.165, 1.54) is 25.7 Å². The van der Waals surface area contributed by atoms with Crippen LogP contribution in [0.15, 0.2) is 16.6 Å². The number of hydrogen-bond acceptors (Lipinski definition) is 2. The number of halogens is 1. The predicted octanol–water partition coefficient (Wildman–Crippen LogP) is 4.60. The molecular weight excluding hydrogens is 292 g/mol. The van der Waals surface area contributed by atoms with Crippen LogP contribution in [0.2, 0.25) is 0 Å². The van der Waals surface area contributed by atoms with Gasteiger partial charge in [0.05, 0.1) is 13.2 Å². The van der Waals surface area contributed by atoms with Crippen molar-refractivity contribution in [1.29, 1.82) is 0 Å². The zero-order chi connectivity index (χ0) is 13.4. The molecule has 0 bridgehead atoms. The summed E-state index contributed by atoms with van der Waals surface area (Å²) in [6.45, 7) is 4.98. The highest BCUT2D eigenvalue weighted by molar-refractivity contribution is 9.10. The van der Waals surface area contributed by atoms with Gasteiger partial charge < -0.3 is 9.84 Å². The van der Waals surface area contributed by atoms with E-state index in [4.69, 9.17) is 4.74 Å². The second-order valence-electron chi connectivity index (χ2n) is 4.63. The monoisotopic (exact) mass is 314 g/mol. The molecule has 102 valence electrons. The fourth-order valence-corrected chi connectivity index (χ4v) is 2.62. The van der Waals surface area contributed by atoms with Crippen LogP contribution in [0.5, 0.6) is 5.75 Å². The summed E-state index contributed by atoms with van der Waals surface area (Å²) in [6, 6.07) is 3.94. The summed E-state index contributed by atoms with van der Waals surface area (Å²) in [6.07, 6.45) is 6.16. The van der Waals surface area contributed by atoms with Gasteiger partial charge in [-0.2, -0.15) is 0 Å². The second kappa shape index (κ2) is 8.54. The second-order valence-corrected chi connectivity index (χ2v) is 5.55. The maximum absolute atomic E-state index is 9.34. The van der Waals surface area contributed by atoms with Crippen LogP contribution < -0.4 is 4.74 Å². The molecule has 1 N–H and O–H groups in total. The summed E-state index contributed by atoms with van der Waals surface area (Å²) in [5.41, 5.74) is 1.93. The van der Waals surface area contributed by atoms with E-state index in [2.05, 4.69) is 22.9 Å². The topological polar surface area (TPSA) is 29.5 Å². The van der Waals surface area contributed by atoms with Crippen LogP contribution in [0.4, 0.5) is 0 Å². The summed E-state index contributed by atoms with van der Waals surface area (Å²) >= 11 is 3.43. The molecule has 1 aromatic rings. The number of aryl methyl sites for hydroxylation is 1. The molecule has 0 fully saturated rings. The Bertz CT molecular complexity index is 364. The number of aliphatic hydroxyl groups excluding tert-OH is 1. The van der Waals surface area contributed by atoms with Crippen molar-refractivity contribution in [3.05, 3.63) is 27.7 Å². The number of aliphatic hydroxyl groups is 1. The molecule has 1 rings (SSSR count). The molecule has 0 saturated heterocycles. The van der Waals surface area contributed by atoms with Crippen molar-refractivity contribution in [2.24, 2.45) is 0 Å². The molecular formula is C15H23BrO2. The van der Waals surface area contributed by atoms with Gasteiger partial charge in [0.15, 0.2) is 0 Å². The van der Waals surface area contributed by atoms with Gasteiger partial charge in [-0.25, -0.2) is 0 Å². The number of benzene rings is 1. The molecule has 0 atom stereocenters.